The molecule has 0 fully saturated rings. The molecule has 0 aromatic rings. The molecule has 0 spiro atoms. The van der Waals surface area contributed by atoms with Crippen molar-refractivity contribution in [3.05, 3.63) is 24.5 Å². The molecule has 0 saturated carbocycles. The van der Waals surface area contributed by atoms with Gasteiger partial charge in [0, 0.05) is 0 Å². The molecular formula is C12H24O2. The van der Waals surface area contributed by atoms with E-state index in [9.17, 15) is 0 Å². The first-order valence-corrected chi connectivity index (χ1v) is 5.32. The van der Waals surface area contributed by atoms with Gasteiger partial charge in [0.15, 0.2) is 0 Å². The Labute approximate surface area is 88.0 Å². The van der Waals surface area contributed by atoms with Crippen LogP contribution in [0, 0.1) is 0 Å². The Morgan fingerprint density at radius 2 is 1.86 bits per heavy atom. The third kappa shape index (κ3) is 9.33. The molecule has 0 heterocycles. The number of unbranched alkanes of at least 4 members (excludes halogenated alkanes) is 1. The summed E-state index contributed by atoms with van der Waals surface area (Å²) >= 11 is 0. The van der Waals surface area contributed by atoms with Crippen molar-refractivity contribution in [3.63, 3.8) is 0 Å². The SMILES string of the molecule is CCC=COC(C=CCCC)CC.O. The fourth-order valence-electron chi connectivity index (χ4n) is 0.945. The summed E-state index contributed by atoms with van der Waals surface area (Å²) in [6.45, 7) is 6.43. The predicted octanol–water partition coefficient (Wildman–Crippen LogP) is 3.24. The molecule has 0 aromatic heterocycles. The molecule has 0 amide bonds. The highest BCUT2D eigenvalue weighted by Gasteiger charge is 1.97. The zero-order valence-electron chi connectivity index (χ0n) is 9.62. The smallest absolute Gasteiger partial charge is 0.116 e. The van der Waals surface area contributed by atoms with Gasteiger partial charge in [-0.2, -0.15) is 0 Å². The molecule has 2 N–H and O–H groups in total. The third-order valence-corrected chi connectivity index (χ3v) is 1.79. The fraction of sp³-hybridized carbons (Fsp3) is 0.667. The lowest BCUT2D eigenvalue weighted by atomic mass is 10.2. The van der Waals surface area contributed by atoms with Crippen molar-refractivity contribution >= 4 is 0 Å². The summed E-state index contributed by atoms with van der Waals surface area (Å²) in [5.41, 5.74) is 0. The molecule has 0 aliphatic rings. The molecule has 0 radical (unpaired) electrons. The van der Waals surface area contributed by atoms with Crippen LogP contribution in [0.4, 0.5) is 0 Å². The Kier molecular flexibility index (Phi) is 13.7. The standard InChI is InChI=1S/C12H22O.H2O/c1-4-7-9-10-12(6-3)13-11-8-5-2;/h8-12H,4-7H2,1-3H3;1H2. The summed E-state index contributed by atoms with van der Waals surface area (Å²) in [4.78, 5) is 0. The largest absolute Gasteiger partial charge is 0.494 e. The summed E-state index contributed by atoms with van der Waals surface area (Å²) in [7, 11) is 0. The van der Waals surface area contributed by atoms with Gasteiger partial charge < -0.3 is 10.2 Å². The molecule has 0 rings (SSSR count). The Bertz CT molecular complexity index is 150. The van der Waals surface area contributed by atoms with E-state index >= 15 is 0 Å². The molecule has 0 saturated heterocycles. The van der Waals surface area contributed by atoms with Gasteiger partial charge >= 0.3 is 0 Å². The van der Waals surface area contributed by atoms with Crippen LogP contribution >= 0.6 is 0 Å². The predicted molar refractivity (Wildman–Crippen MR) is 62.3 cm³/mol. The lowest BCUT2D eigenvalue weighted by molar-refractivity contribution is 0.182. The van der Waals surface area contributed by atoms with Gasteiger partial charge in [-0.3, -0.25) is 0 Å². The van der Waals surface area contributed by atoms with Crippen LogP contribution in [-0.2, 0) is 4.74 Å². The minimum atomic E-state index is 0. The molecule has 0 aromatic carbocycles. The summed E-state index contributed by atoms with van der Waals surface area (Å²) in [6.07, 6.45) is 12.9. The van der Waals surface area contributed by atoms with Crippen molar-refractivity contribution in [2.24, 2.45) is 0 Å². The zero-order chi connectivity index (χ0) is 9.94. The van der Waals surface area contributed by atoms with Crippen LogP contribution < -0.4 is 0 Å². The molecule has 84 valence electrons. The normalized spacial score (nSPS) is 13.1. The highest BCUT2D eigenvalue weighted by atomic mass is 16.5. The first-order chi connectivity index (χ1) is 6.35. The van der Waals surface area contributed by atoms with Crippen LogP contribution in [0.1, 0.15) is 46.5 Å². The van der Waals surface area contributed by atoms with E-state index in [0.717, 1.165) is 19.3 Å². The molecule has 0 bridgehead atoms. The topological polar surface area (TPSA) is 40.7 Å². The van der Waals surface area contributed by atoms with Gasteiger partial charge in [-0.1, -0.05) is 39.3 Å². The van der Waals surface area contributed by atoms with Gasteiger partial charge in [-0.25, -0.2) is 0 Å². The molecule has 0 aliphatic heterocycles. The van der Waals surface area contributed by atoms with Crippen molar-refractivity contribution in [1.82, 2.24) is 0 Å². The van der Waals surface area contributed by atoms with Gasteiger partial charge in [0.1, 0.15) is 6.10 Å². The van der Waals surface area contributed by atoms with Crippen molar-refractivity contribution < 1.29 is 10.2 Å². The van der Waals surface area contributed by atoms with E-state index in [0.29, 0.717) is 0 Å². The fourth-order valence-corrected chi connectivity index (χ4v) is 0.945. The number of hydrogen-bond donors (Lipinski definition) is 0. The highest BCUT2D eigenvalue weighted by Crippen LogP contribution is 2.02. The second-order valence-corrected chi connectivity index (χ2v) is 3.08. The minimum Gasteiger partial charge on any atom is -0.494 e. The number of allylic oxidation sites excluding steroid dienone is 2. The number of hydrogen-bond acceptors (Lipinski definition) is 1. The molecular weight excluding hydrogens is 176 g/mol. The van der Waals surface area contributed by atoms with Crippen molar-refractivity contribution in [1.29, 1.82) is 0 Å². The molecule has 2 heteroatoms. The summed E-state index contributed by atoms with van der Waals surface area (Å²) in [5.74, 6) is 0. The van der Waals surface area contributed by atoms with Gasteiger partial charge in [-0.15, -0.1) is 0 Å². The van der Waals surface area contributed by atoms with Crippen LogP contribution in [0.3, 0.4) is 0 Å². The van der Waals surface area contributed by atoms with Gasteiger partial charge in [0.2, 0.25) is 0 Å². The first kappa shape index (κ1) is 15.7. The molecule has 1 atom stereocenters. The van der Waals surface area contributed by atoms with E-state index in [-0.39, 0.29) is 11.6 Å². The van der Waals surface area contributed by atoms with E-state index in [1.54, 1.807) is 0 Å². The number of ether oxygens (including phenoxy) is 1. The van der Waals surface area contributed by atoms with Crippen LogP contribution in [0.2, 0.25) is 0 Å². The Balaban J connectivity index is 0. The van der Waals surface area contributed by atoms with Gasteiger partial charge in [0.25, 0.3) is 0 Å². The van der Waals surface area contributed by atoms with Crippen LogP contribution in [0.15, 0.2) is 24.5 Å². The van der Waals surface area contributed by atoms with Crippen molar-refractivity contribution in [2.45, 2.75) is 52.6 Å². The van der Waals surface area contributed by atoms with E-state index in [2.05, 4.69) is 32.9 Å². The van der Waals surface area contributed by atoms with E-state index in [4.69, 9.17) is 4.74 Å². The summed E-state index contributed by atoms with van der Waals surface area (Å²) in [5, 5.41) is 0. The lowest BCUT2D eigenvalue weighted by Crippen LogP contribution is -2.03. The van der Waals surface area contributed by atoms with E-state index in [1.807, 2.05) is 12.3 Å². The van der Waals surface area contributed by atoms with Crippen LogP contribution in [0.25, 0.3) is 0 Å². The first-order valence-electron chi connectivity index (χ1n) is 5.32. The Morgan fingerprint density at radius 1 is 1.14 bits per heavy atom. The maximum Gasteiger partial charge on any atom is 0.116 e. The second-order valence-electron chi connectivity index (χ2n) is 3.08. The van der Waals surface area contributed by atoms with E-state index in [1.165, 1.54) is 6.42 Å². The average molecular weight is 200 g/mol. The van der Waals surface area contributed by atoms with Gasteiger partial charge in [0.05, 0.1) is 6.26 Å². The maximum absolute atomic E-state index is 5.51. The highest BCUT2D eigenvalue weighted by molar-refractivity contribution is 4.90. The Hall–Kier alpha value is -0.760. The average Bonchev–Trinajstić information content (AvgIpc) is 2.16. The summed E-state index contributed by atoms with van der Waals surface area (Å²) < 4.78 is 5.51. The van der Waals surface area contributed by atoms with E-state index < -0.39 is 0 Å². The molecule has 14 heavy (non-hydrogen) atoms. The quantitative estimate of drug-likeness (QED) is 0.459. The van der Waals surface area contributed by atoms with Crippen LogP contribution in [0.5, 0.6) is 0 Å². The van der Waals surface area contributed by atoms with Gasteiger partial charge in [-0.05, 0) is 25.3 Å². The zero-order valence-corrected chi connectivity index (χ0v) is 9.62. The lowest BCUT2D eigenvalue weighted by Gasteiger charge is -2.09. The third-order valence-electron chi connectivity index (χ3n) is 1.79. The Morgan fingerprint density at radius 3 is 2.36 bits per heavy atom. The van der Waals surface area contributed by atoms with Crippen molar-refractivity contribution in [2.75, 3.05) is 0 Å². The molecule has 2 nitrogen and oxygen atoms in total. The summed E-state index contributed by atoms with van der Waals surface area (Å²) in [6, 6.07) is 0. The minimum absolute atomic E-state index is 0. The monoisotopic (exact) mass is 200 g/mol. The maximum atomic E-state index is 5.51. The second kappa shape index (κ2) is 12.2. The van der Waals surface area contributed by atoms with Crippen LogP contribution in [-0.4, -0.2) is 11.6 Å². The molecule has 1 unspecified atom stereocenters. The number of rotatable bonds is 7. The molecule has 0 aliphatic carbocycles. The van der Waals surface area contributed by atoms with Crippen molar-refractivity contribution in [3.8, 4) is 0 Å².